The first kappa shape index (κ1) is 11.7. The summed E-state index contributed by atoms with van der Waals surface area (Å²) in [4.78, 5) is 23.6. The Bertz CT molecular complexity index is 304. The highest BCUT2D eigenvalue weighted by atomic mass is 16.5. The lowest BCUT2D eigenvalue weighted by molar-refractivity contribution is -0.159. The molecule has 0 spiro atoms. The SMILES string of the molecule is C=CC[C@]1(C(=O)OCC)CCC=CC1=O. The molecule has 0 saturated carbocycles. The van der Waals surface area contributed by atoms with E-state index in [4.69, 9.17) is 4.74 Å². The van der Waals surface area contributed by atoms with Crippen molar-refractivity contribution in [3.63, 3.8) is 0 Å². The summed E-state index contributed by atoms with van der Waals surface area (Å²) in [7, 11) is 0. The quantitative estimate of drug-likeness (QED) is 0.403. The molecule has 0 heterocycles. The highest BCUT2D eigenvalue weighted by Crippen LogP contribution is 2.35. The van der Waals surface area contributed by atoms with E-state index in [0.717, 1.165) is 6.42 Å². The zero-order valence-corrected chi connectivity index (χ0v) is 8.99. The highest BCUT2D eigenvalue weighted by Gasteiger charge is 2.45. The minimum Gasteiger partial charge on any atom is -0.465 e. The van der Waals surface area contributed by atoms with Crippen molar-refractivity contribution in [1.82, 2.24) is 0 Å². The van der Waals surface area contributed by atoms with E-state index in [2.05, 4.69) is 6.58 Å². The van der Waals surface area contributed by atoms with Gasteiger partial charge < -0.3 is 4.74 Å². The molecule has 0 aromatic heterocycles. The molecule has 0 aromatic rings. The molecule has 1 rings (SSSR count). The van der Waals surface area contributed by atoms with Crippen molar-refractivity contribution in [3.8, 4) is 0 Å². The summed E-state index contributed by atoms with van der Waals surface area (Å²) in [5, 5.41) is 0. The number of esters is 1. The molecule has 0 aliphatic heterocycles. The van der Waals surface area contributed by atoms with Crippen LogP contribution in [0.2, 0.25) is 0 Å². The van der Waals surface area contributed by atoms with Crippen molar-refractivity contribution in [3.05, 3.63) is 24.8 Å². The fourth-order valence-corrected chi connectivity index (χ4v) is 1.81. The van der Waals surface area contributed by atoms with Gasteiger partial charge in [-0.05, 0) is 32.3 Å². The lowest BCUT2D eigenvalue weighted by Crippen LogP contribution is -2.41. The first-order chi connectivity index (χ1) is 7.17. The summed E-state index contributed by atoms with van der Waals surface area (Å²) < 4.78 is 4.97. The van der Waals surface area contributed by atoms with Gasteiger partial charge in [-0.15, -0.1) is 6.58 Å². The number of carbonyl (C=O) groups is 2. The molecule has 82 valence electrons. The zero-order valence-electron chi connectivity index (χ0n) is 8.99. The van der Waals surface area contributed by atoms with Crippen molar-refractivity contribution < 1.29 is 14.3 Å². The maximum atomic E-state index is 11.8. The molecule has 0 unspecified atom stereocenters. The van der Waals surface area contributed by atoms with Crippen LogP contribution < -0.4 is 0 Å². The normalized spacial score (nSPS) is 25.0. The third-order valence-electron chi connectivity index (χ3n) is 2.64. The molecule has 1 aliphatic rings. The molecule has 0 fully saturated rings. The highest BCUT2D eigenvalue weighted by molar-refractivity contribution is 6.10. The van der Waals surface area contributed by atoms with Gasteiger partial charge in [0.1, 0.15) is 5.41 Å². The van der Waals surface area contributed by atoms with Crippen LogP contribution in [0.3, 0.4) is 0 Å². The summed E-state index contributed by atoms with van der Waals surface area (Å²) in [5.74, 6) is -0.577. The van der Waals surface area contributed by atoms with Crippen LogP contribution in [0.25, 0.3) is 0 Å². The molecule has 0 bridgehead atoms. The predicted octanol–water partition coefficient (Wildman–Crippen LogP) is 2.03. The standard InChI is InChI=1S/C12H16O3/c1-3-8-12(11(14)15-4-2)9-6-5-7-10(12)13/h3,5,7H,1,4,6,8-9H2,2H3/t12-/m0/s1. The topological polar surface area (TPSA) is 43.4 Å². The fraction of sp³-hybridized carbons (Fsp3) is 0.500. The molecule has 3 heteroatoms. The largest absolute Gasteiger partial charge is 0.465 e. The van der Waals surface area contributed by atoms with E-state index >= 15 is 0 Å². The maximum Gasteiger partial charge on any atom is 0.320 e. The number of carbonyl (C=O) groups excluding carboxylic acids is 2. The van der Waals surface area contributed by atoms with E-state index in [1.54, 1.807) is 19.1 Å². The van der Waals surface area contributed by atoms with E-state index in [-0.39, 0.29) is 5.78 Å². The minimum absolute atomic E-state index is 0.160. The second-order valence-corrected chi connectivity index (χ2v) is 3.60. The molecular weight excluding hydrogens is 192 g/mol. The van der Waals surface area contributed by atoms with Crippen LogP contribution in [0.5, 0.6) is 0 Å². The van der Waals surface area contributed by atoms with Gasteiger partial charge in [0.15, 0.2) is 5.78 Å². The van der Waals surface area contributed by atoms with Gasteiger partial charge in [-0.2, -0.15) is 0 Å². The molecule has 15 heavy (non-hydrogen) atoms. The van der Waals surface area contributed by atoms with Crippen molar-refractivity contribution in [2.24, 2.45) is 5.41 Å². The Kier molecular flexibility index (Phi) is 3.83. The van der Waals surface area contributed by atoms with Crippen LogP contribution in [0.15, 0.2) is 24.8 Å². The first-order valence-corrected chi connectivity index (χ1v) is 5.16. The lowest BCUT2D eigenvalue weighted by Gasteiger charge is -2.29. The molecule has 1 aliphatic carbocycles. The molecule has 3 nitrogen and oxygen atoms in total. The second-order valence-electron chi connectivity index (χ2n) is 3.60. The van der Waals surface area contributed by atoms with Crippen LogP contribution in [-0.4, -0.2) is 18.4 Å². The predicted molar refractivity (Wildman–Crippen MR) is 57.3 cm³/mol. The van der Waals surface area contributed by atoms with Crippen molar-refractivity contribution in [1.29, 1.82) is 0 Å². The summed E-state index contributed by atoms with van der Waals surface area (Å²) >= 11 is 0. The average molecular weight is 208 g/mol. The lowest BCUT2D eigenvalue weighted by atomic mass is 9.73. The molecule has 0 aromatic carbocycles. The smallest absolute Gasteiger partial charge is 0.320 e. The van der Waals surface area contributed by atoms with E-state index in [9.17, 15) is 9.59 Å². The van der Waals surface area contributed by atoms with Gasteiger partial charge in [-0.1, -0.05) is 12.2 Å². The molecule has 0 radical (unpaired) electrons. The molecule has 1 atom stereocenters. The number of hydrogen-bond donors (Lipinski definition) is 0. The van der Waals surface area contributed by atoms with Gasteiger partial charge >= 0.3 is 5.97 Å². The summed E-state index contributed by atoms with van der Waals surface area (Å²) in [6, 6.07) is 0. The van der Waals surface area contributed by atoms with Gasteiger partial charge in [0.25, 0.3) is 0 Å². The van der Waals surface area contributed by atoms with Crippen LogP contribution in [0, 0.1) is 5.41 Å². The minimum atomic E-state index is -1.01. The van der Waals surface area contributed by atoms with Crippen molar-refractivity contribution in [2.45, 2.75) is 26.2 Å². The monoisotopic (exact) mass is 208 g/mol. The molecule has 0 saturated heterocycles. The fourth-order valence-electron chi connectivity index (χ4n) is 1.81. The number of hydrogen-bond acceptors (Lipinski definition) is 3. The van der Waals surface area contributed by atoms with Crippen LogP contribution >= 0.6 is 0 Å². The zero-order chi connectivity index (χ0) is 11.3. The first-order valence-electron chi connectivity index (χ1n) is 5.16. The van der Waals surface area contributed by atoms with Crippen LogP contribution in [0.1, 0.15) is 26.2 Å². The molecule has 0 amide bonds. The number of ether oxygens (including phenoxy) is 1. The maximum absolute atomic E-state index is 11.8. The third-order valence-corrected chi connectivity index (χ3v) is 2.64. The van der Waals surface area contributed by atoms with Crippen molar-refractivity contribution in [2.75, 3.05) is 6.61 Å². The van der Waals surface area contributed by atoms with E-state index in [1.807, 2.05) is 0 Å². The van der Waals surface area contributed by atoms with Crippen LogP contribution in [0.4, 0.5) is 0 Å². The summed E-state index contributed by atoms with van der Waals surface area (Å²) in [6.45, 7) is 5.63. The van der Waals surface area contributed by atoms with Crippen molar-refractivity contribution >= 4 is 11.8 Å². The number of ketones is 1. The van der Waals surface area contributed by atoms with Gasteiger partial charge in [0, 0.05) is 0 Å². The van der Waals surface area contributed by atoms with E-state index in [0.29, 0.717) is 19.4 Å². The Morgan fingerprint density at radius 2 is 2.47 bits per heavy atom. The number of rotatable bonds is 4. The Morgan fingerprint density at radius 3 is 3.00 bits per heavy atom. The Balaban J connectivity index is 2.96. The Morgan fingerprint density at radius 1 is 1.73 bits per heavy atom. The number of allylic oxidation sites excluding steroid dienone is 3. The van der Waals surface area contributed by atoms with E-state index in [1.165, 1.54) is 6.08 Å². The summed E-state index contributed by atoms with van der Waals surface area (Å²) in [5.41, 5.74) is -1.01. The summed E-state index contributed by atoms with van der Waals surface area (Å²) in [6.07, 6.45) is 6.49. The molecule has 0 N–H and O–H groups in total. The van der Waals surface area contributed by atoms with E-state index < -0.39 is 11.4 Å². The second kappa shape index (κ2) is 4.91. The Labute approximate surface area is 89.8 Å². The van der Waals surface area contributed by atoms with Gasteiger partial charge in [0.2, 0.25) is 0 Å². The van der Waals surface area contributed by atoms with Gasteiger partial charge in [0.05, 0.1) is 6.61 Å². The Hall–Kier alpha value is -1.38. The third kappa shape index (κ3) is 2.17. The molecular formula is C12H16O3. The van der Waals surface area contributed by atoms with Gasteiger partial charge in [-0.25, -0.2) is 0 Å². The average Bonchev–Trinajstić information content (AvgIpc) is 2.22. The van der Waals surface area contributed by atoms with Gasteiger partial charge in [-0.3, -0.25) is 9.59 Å². The van der Waals surface area contributed by atoms with Crippen LogP contribution in [-0.2, 0) is 14.3 Å².